The van der Waals surface area contributed by atoms with Gasteiger partial charge in [0.15, 0.2) is 0 Å². The van der Waals surface area contributed by atoms with Crippen molar-refractivity contribution in [1.29, 1.82) is 0 Å². The molecule has 0 spiro atoms. The molecule has 18 heavy (non-hydrogen) atoms. The summed E-state index contributed by atoms with van der Waals surface area (Å²) >= 11 is 0. The lowest BCUT2D eigenvalue weighted by Crippen LogP contribution is -2.26. The molecule has 0 heterocycles. The second-order valence-corrected chi connectivity index (χ2v) is 5.77. The zero-order valence-electron chi connectivity index (χ0n) is 11.9. The normalized spacial score (nSPS) is 13.2. The van der Waals surface area contributed by atoms with Crippen molar-refractivity contribution in [2.24, 2.45) is 0 Å². The largest absolute Gasteiger partial charge is 0.387 e. The second-order valence-electron chi connectivity index (χ2n) is 5.77. The van der Waals surface area contributed by atoms with E-state index in [2.05, 4.69) is 32.2 Å². The molecule has 1 amide bonds. The van der Waals surface area contributed by atoms with Crippen LogP contribution in [0.5, 0.6) is 0 Å². The van der Waals surface area contributed by atoms with Crippen molar-refractivity contribution >= 4 is 5.91 Å². The number of carbonyl (C=O) groups excluding carboxylic acids is 1. The van der Waals surface area contributed by atoms with Crippen LogP contribution in [0.3, 0.4) is 0 Å². The van der Waals surface area contributed by atoms with Crippen LogP contribution in [0.15, 0.2) is 18.2 Å². The summed E-state index contributed by atoms with van der Waals surface area (Å²) in [4.78, 5) is 10.9. The first kappa shape index (κ1) is 14.7. The van der Waals surface area contributed by atoms with Crippen LogP contribution in [-0.4, -0.2) is 17.6 Å². The highest BCUT2D eigenvalue weighted by Crippen LogP contribution is 2.27. The molecule has 0 aromatic heterocycles. The van der Waals surface area contributed by atoms with Crippen LogP contribution in [-0.2, 0) is 10.2 Å². The highest BCUT2D eigenvalue weighted by Gasteiger charge is 2.17. The van der Waals surface area contributed by atoms with Gasteiger partial charge in [0.05, 0.1) is 6.10 Å². The van der Waals surface area contributed by atoms with Crippen LogP contribution in [0.4, 0.5) is 0 Å². The zero-order chi connectivity index (χ0) is 13.9. The van der Waals surface area contributed by atoms with E-state index in [4.69, 9.17) is 0 Å². The van der Waals surface area contributed by atoms with E-state index in [0.717, 1.165) is 11.1 Å². The van der Waals surface area contributed by atoms with Crippen LogP contribution >= 0.6 is 0 Å². The van der Waals surface area contributed by atoms with Crippen molar-refractivity contribution in [3.8, 4) is 0 Å². The van der Waals surface area contributed by atoms with E-state index in [1.807, 2.05) is 19.1 Å². The monoisotopic (exact) mass is 249 g/mol. The topological polar surface area (TPSA) is 49.3 Å². The van der Waals surface area contributed by atoms with E-state index in [1.54, 1.807) is 0 Å². The number of aliphatic hydroxyl groups excluding tert-OH is 1. The molecule has 1 aromatic rings. The lowest BCUT2D eigenvalue weighted by atomic mass is 9.84. The smallest absolute Gasteiger partial charge is 0.216 e. The van der Waals surface area contributed by atoms with Gasteiger partial charge in [-0.05, 0) is 29.0 Å². The van der Waals surface area contributed by atoms with Crippen molar-refractivity contribution in [3.63, 3.8) is 0 Å². The summed E-state index contributed by atoms with van der Waals surface area (Å²) in [5.41, 5.74) is 3.16. The van der Waals surface area contributed by atoms with E-state index in [9.17, 15) is 9.90 Å². The maximum Gasteiger partial charge on any atom is 0.216 e. The quantitative estimate of drug-likeness (QED) is 0.864. The maximum absolute atomic E-state index is 10.9. The van der Waals surface area contributed by atoms with Gasteiger partial charge < -0.3 is 10.4 Å². The Morgan fingerprint density at radius 1 is 1.39 bits per heavy atom. The fourth-order valence-electron chi connectivity index (χ4n) is 1.82. The number of aliphatic hydroxyl groups is 1. The number of nitrogens with one attached hydrogen (secondary N) is 1. The summed E-state index contributed by atoms with van der Waals surface area (Å²) in [5.74, 6) is -0.126. The molecular formula is C15H23NO2. The zero-order valence-corrected chi connectivity index (χ0v) is 11.9. The van der Waals surface area contributed by atoms with Gasteiger partial charge in [-0.1, -0.05) is 39.0 Å². The van der Waals surface area contributed by atoms with Gasteiger partial charge in [0.2, 0.25) is 5.91 Å². The van der Waals surface area contributed by atoms with Gasteiger partial charge in [-0.2, -0.15) is 0 Å². The molecule has 1 atom stereocenters. The van der Waals surface area contributed by atoms with E-state index in [-0.39, 0.29) is 17.9 Å². The van der Waals surface area contributed by atoms with E-state index >= 15 is 0 Å². The Hall–Kier alpha value is -1.35. The molecule has 100 valence electrons. The van der Waals surface area contributed by atoms with Crippen molar-refractivity contribution in [3.05, 3.63) is 34.9 Å². The predicted octanol–water partition coefficient (Wildman–Crippen LogP) is 2.46. The molecule has 2 N–H and O–H groups in total. The number of hydrogen-bond donors (Lipinski definition) is 2. The van der Waals surface area contributed by atoms with Crippen LogP contribution in [0.25, 0.3) is 0 Å². The average molecular weight is 249 g/mol. The molecule has 1 rings (SSSR count). The predicted molar refractivity (Wildman–Crippen MR) is 73.5 cm³/mol. The van der Waals surface area contributed by atoms with E-state index < -0.39 is 6.10 Å². The molecule has 0 saturated heterocycles. The van der Waals surface area contributed by atoms with Crippen LogP contribution in [0, 0.1) is 6.92 Å². The van der Waals surface area contributed by atoms with Gasteiger partial charge >= 0.3 is 0 Å². The lowest BCUT2D eigenvalue weighted by Gasteiger charge is -2.22. The van der Waals surface area contributed by atoms with Gasteiger partial charge in [-0.25, -0.2) is 0 Å². The minimum Gasteiger partial charge on any atom is -0.387 e. The summed E-state index contributed by atoms with van der Waals surface area (Å²) in [5, 5.41) is 12.8. The average Bonchev–Trinajstić information content (AvgIpc) is 2.24. The van der Waals surface area contributed by atoms with Crippen LogP contribution in [0.2, 0.25) is 0 Å². The SMILES string of the molecule is CC(=O)NCC(O)c1cc(C(C)(C)C)ccc1C. The summed E-state index contributed by atoms with van der Waals surface area (Å²) < 4.78 is 0. The number of rotatable bonds is 3. The van der Waals surface area contributed by atoms with Crippen molar-refractivity contribution in [1.82, 2.24) is 5.32 Å². The molecule has 0 radical (unpaired) electrons. The molecule has 3 nitrogen and oxygen atoms in total. The van der Waals surface area contributed by atoms with Crippen molar-refractivity contribution in [2.45, 2.75) is 46.1 Å². The number of benzene rings is 1. The molecule has 0 aliphatic carbocycles. The minimum absolute atomic E-state index is 0.0518. The third kappa shape index (κ3) is 3.84. The first-order valence-corrected chi connectivity index (χ1v) is 6.25. The number of carbonyl (C=O) groups is 1. The summed E-state index contributed by atoms with van der Waals surface area (Å²) in [6, 6.07) is 6.14. The highest BCUT2D eigenvalue weighted by molar-refractivity contribution is 5.72. The standard InChI is InChI=1S/C15H23NO2/c1-10-6-7-12(15(3,4)5)8-13(10)14(18)9-16-11(2)17/h6-8,14,18H,9H2,1-5H3,(H,16,17). The molecule has 3 heteroatoms. The van der Waals surface area contributed by atoms with Crippen LogP contribution < -0.4 is 5.32 Å². The lowest BCUT2D eigenvalue weighted by molar-refractivity contribution is -0.119. The molecular weight excluding hydrogens is 226 g/mol. The fraction of sp³-hybridized carbons (Fsp3) is 0.533. The Balaban J connectivity index is 2.97. The van der Waals surface area contributed by atoms with E-state index in [0.29, 0.717) is 0 Å². The molecule has 0 aliphatic rings. The molecule has 1 aromatic carbocycles. The maximum atomic E-state index is 10.9. The van der Waals surface area contributed by atoms with Gasteiger partial charge in [0, 0.05) is 13.5 Å². The Kier molecular flexibility index (Phi) is 4.52. The van der Waals surface area contributed by atoms with Crippen molar-refractivity contribution in [2.75, 3.05) is 6.54 Å². The van der Waals surface area contributed by atoms with Crippen LogP contribution in [0.1, 0.15) is 50.5 Å². The van der Waals surface area contributed by atoms with Gasteiger partial charge in [0.25, 0.3) is 0 Å². The number of hydrogen-bond acceptors (Lipinski definition) is 2. The van der Waals surface area contributed by atoms with E-state index in [1.165, 1.54) is 12.5 Å². The highest BCUT2D eigenvalue weighted by atomic mass is 16.3. The van der Waals surface area contributed by atoms with Crippen molar-refractivity contribution < 1.29 is 9.90 Å². The molecule has 0 aliphatic heterocycles. The molecule has 0 bridgehead atoms. The number of aryl methyl sites for hydroxylation is 1. The molecule has 1 unspecified atom stereocenters. The molecule has 0 fully saturated rings. The molecule has 0 saturated carbocycles. The van der Waals surface area contributed by atoms with Gasteiger partial charge in [0.1, 0.15) is 0 Å². The minimum atomic E-state index is -0.656. The third-order valence-corrected chi connectivity index (χ3v) is 3.05. The second kappa shape index (κ2) is 5.53. The summed E-state index contributed by atoms with van der Waals surface area (Å²) in [7, 11) is 0. The van der Waals surface area contributed by atoms with Gasteiger partial charge in [-0.3, -0.25) is 4.79 Å². The Bertz CT molecular complexity index is 433. The third-order valence-electron chi connectivity index (χ3n) is 3.05. The Morgan fingerprint density at radius 3 is 2.50 bits per heavy atom. The Labute approximate surface area is 109 Å². The first-order chi connectivity index (χ1) is 8.21. The summed E-state index contributed by atoms with van der Waals surface area (Å²) in [6.45, 7) is 10.1. The number of amides is 1. The summed E-state index contributed by atoms with van der Waals surface area (Å²) in [6.07, 6.45) is -0.656. The first-order valence-electron chi connectivity index (χ1n) is 6.25. The Morgan fingerprint density at radius 2 is 2.00 bits per heavy atom. The fourth-order valence-corrected chi connectivity index (χ4v) is 1.82. The van der Waals surface area contributed by atoms with Gasteiger partial charge in [-0.15, -0.1) is 0 Å².